The topological polar surface area (TPSA) is 63.8 Å². The molecular weight excluding hydrogens is 291 g/mol. The molecule has 0 aliphatic carbocycles. The van der Waals surface area contributed by atoms with Crippen LogP contribution in [0.3, 0.4) is 0 Å². The third-order valence-electron chi connectivity index (χ3n) is 1.80. The van der Waals surface area contributed by atoms with Crippen LogP contribution in [0.15, 0.2) is 12.5 Å². The second-order valence-corrected chi connectivity index (χ2v) is 4.43. The van der Waals surface area contributed by atoms with Crippen LogP contribution < -0.4 is 11.1 Å². The van der Waals surface area contributed by atoms with Gasteiger partial charge in [0.25, 0.3) is 0 Å². The quantitative estimate of drug-likeness (QED) is 0.641. The van der Waals surface area contributed by atoms with Crippen LogP contribution in [0.1, 0.15) is 19.8 Å². The zero-order valence-electron chi connectivity index (χ0n) is 8.20. The summed E-state index contributed by atoms with van der Waals surface area (Å²) in [6.45, 7) is 2.93. The molecule has 0 aliphatic heterocycles. The highest BCUT2D eigenvalue weighted by Gasteiger charge is 1.99. The predicted octanol–water partition coefficient (Wildman–Crippen LogP) is 1.62. The maximum Gasteiger partial charge on any atom is 0.142 e. The Balaban J connectivity index is 2.28. The first-order valence-corrected chi connectivity index (χ1v) is 5.73. The van der Waals surface area contributed by atoms with Crippen LogP contribution >= 0.6 is 22.6 Å². The first-order valence-electron chi connectivity index (χ1n) is 4.65. The van der Waals surface area contributed by atoms with Gasteiger partial charge < -0.3 is 11.1 Å². The van der Waals surface area contributed by atoms with Gasteiger partial charge in [-0.25, -0.2) is 9.97 Å². The summed E-state index contributed by atoms with van der Waals surface area (Å²) in [6.07, 6.45) is 5.45. The van der Waals surface area contributed by atoms with Gasteiger partial charge in [0.2, 0.25) is 0 Å². The maximum absolute atomic E-state index is 5.65. The second-order valence-electron chi connectivity index (χ2n) is 3.27. The number of nitrogens with two attached hydrogens (primary N) is 1. The summed E-state index contributed by atoms with van der Waals surface area (Å²) in [5, 5.41) is 3.25. The average Bonchev–Trinajstić information content (AvgIpc) is 2.15. The summed E-state index contributed by atoms with van der Waals surface area (Å²) in [5.41, 5.74) is 5.65. The van der Waals surface area contributed by atoms with Gasteiger partial charge in [-0.15, -0.1) is 0 Å². The molecule has 5 heteroatoms. The van der Waals surface area contributed by atoms with Crippen LogP contribution in [0.4, 0.5) is 5.82 Å². The molecule has 1 atom stereocenters. The van der Waals surface area contributed by atoms with Crippen molar-refractivity contribution < 1.29 is 0 Å². The van der Waals surface area contributed by atoms with Crippen LogP contribution in [-0.4, -0.2) is 22.6 Å². The normalized spacial score (nSPS) is 12.5. The third-order valence-corrected chi connectivity index (χ3v) is 2.59. The van der Waals surface area contributed by atoms with Crippen molar-refractivity contribution >= 4 is 28.4 Å². The zero-order valence-corrected chi connectivity index (χ0v) is 10.4. The fourth-order valence-electron chi connectivity index (χ4n) is 1.07. The molecule has 0 radical (unpaired) electrons. The minimum atomic E-state index is 0.279. The highest BCUT2D eigenvalue weighted by atomic mass is 127. The number of nitrogens with one attached hydrogen (secondary N) is 1. The van der Waals surface area contributed by atoms with Gasteiger partial charge in [0.15, 0.2) is 0 Å². The molecular formula is C9H15IN4. The minimum Gasteiger partial charge on any atom is -0.369 e. The highest BCUT2D eigenvalue weighted by Crippen LogP contribution is 2.12. The van der Waals surface area contributed by atoms with Crippen LogP contribution in [0, 0.1) is 3.57 Å². The van der Waals surface area contributed by atoms with E-state index < -0.39 is 0 Å². The van der Waals surface area contributed by atoms with E-state index in [2.05, 4.69) is 37.9 Å². The monoisotopic (exact) mass is 306 g/mol. The first kappa shape index (κ1) is 11.6. The third kappa shape index (κ3) is 4.19. The Labute approximate surface area is 97.8 Å². The van der Waals surface area contributed by atoms with Gasteiger partial charge in [-0.2, -0.15) is 0 Å². The molecule has 0 fully saturated rings. The molecule has 1 aromatic rings. The lowest BCUT2D eigenvalue weighted by Gasteiger charge is -2.07. The van der Waals surface area contributed by atoms with E-state index in [9.17, 15) is 0 Å². The highest BCUT2D eigenvalue weighted by molar-refractivity contribution is 14.1. The van der Waals surface area contributed by atoms with Crippen molar-refractivity contribution in [1.82, 2.24) is 9.97 Å². The van der Waals surface area contributed by atoms with E-state index in [0.717, 1.165) is 28.8 Å². The number of rotatable bonds is 5. The number of hydrogen-bond donors (Lipinski definition) is 2. The fraction of sp³-hybridized carbons (Fsp3) is 0.556. The van der Waals surface area contributed by atoms with Crippen molar-refractivity contribution in [2.75, 3.05) is 11.9 Å². The van der Waals surface area contributed by atoms with Gasteiger partial charge in [0, 0.05) is 18.8 Å². The van der Waals surface area contributed by atoms with Crippen LogP contribution in [0.25, 0.3) is 0 Å². The Bertz CT molecular complexity index is 277. The van der Waals surface area contributed by atoms with Crippen molar-refractivity contribution in [3.05, 3.63) is 16.1 Å². The van der Waals surface area contributed by atoms with Gasteiger partial charge in [0.1, 0.15) is 12.1 Å². The molecule has 0 spiro atoms. The number of nitrogens with zero attached hydrogens (tertiary/aromatic N) is 2. The molecule has 0 aliphatic rings. The molecule has 14 heavy (non-hydrogen) atoms. The van der Waals surface area contributed by atoms with Gasteiger partial charge in [-0.1, -0.05) is 0 Å². The molecule has 1 rings (SSSR count). The van der Waals surface area contributed by atoms with E-state index in [0.29, 0.717) is 0 Å². The summed E-state index contributed by atoms with van der Waals surface area (Å²) in [5.74, 6) is 0.908. The smallest absolute Gasteiger partial charge is 0.142 e. The summed E-state index contributed by atoms with van der Waals surface area (Å²) >= 11 is 2.21. The van der Waals surface area contributed by atoms with Crippen molar-refractivity contribution in [3.8, 4) is 0 Å². The molecule has 3 N–H and O–H groups in total. The van der Waals surface area contributed by atoms with Crippen molar-refractivity contribution in [3.63, 3.8) is 0 Å². The van der Waals surface area contributed by atoms with Crippen molar-refractivity contribution in [2.45, 2.75) is 25.8 Å². The van der Waals surface area contributed by atoms with E-state index in [1.54, 1.807) is 12.5 Å². The molecule has 0 saturated carbocycles. The SMILES string of the molecule is CC(N)CCCNc1ncncc1I. The summed E-state index contributed by atoms with van der Waals surface area (Å²) in [7, 11) is 0. The van der Waals surface area contributed by atoms with E-state index in [1.165, 1.54) is 0 Å². The molecule has 78 valence electrons. The average molecular weight is 306 g/mol. The Morgan fingerprint density at radius 1 is 1.64 bits per heavy atom. The molecule has 1 unspecified atom stereocenters. The van der Waals surface area contributed by atoms with Crippen LogP contribution in [-0.2, 0) is 0 Å². The Kier molecular flexibility index (Phi) is 5.10. The largest absolute Gasteiger partial charge is 0.369 e. The molecule has 0 aromatic carbocycles. The minimum absolute atomic E-state index is 0.279. The lowest BCUT2D eigenvalue weighted by atomic mass is 10.2. The molecule has 1 heterocycles. The van der Waals surface area contributed by atoms with Gasteiger partial charge in [0.05, 0.1) is 3.57 Å². The Morgan fingerprint density at radius 2 is 2.43 bits per heavy atom. The zero-order chi connectivity index (χ0) is 10.4. The summed E-state index contributed by atoms with van der Waals surface area (Å²) in [4.78, 5) is 8.06. The molecule has 0 saturated heterocycles. The van der Waals surface area contributed by atoms with E-state index in [1.807, 2.05) is 6.92 Å². The molecule has 0 bridgehead atoms. The Morgan fingerprint density at radius 3 is 3.07 bits per heavy atom. The van der Waals surface area contributed by atoms with Gasteiger partial charge >= 0.3 is 0 Å². The van der Waals surface area contributed by atoms with Crippen LogP contribution in [0.2, 0.25) is 0 Å². The number of hydrogen-bond acceptors (Lipinski definition) is 4. The molecule has 0 amide bonds. The molecule has 1 aromatic heterocycles. The van der Waals surface area contributed by atoms with Crippen LogP contribution in [0.5, 0.6) is 0 Å². The molecule has 4 nitrogen and oxygen atoms in total. The number of aromatic nitrogens is 2. The number of halogens is 1. The number of anilines is 1. The standard InChI is InChI=1S/C9H15IN4/c1-7(11)3-2-4-13-9-8(10)5-12-6-14-9/h5-7H,2-4,11H2,1H3,(H,12,13,14). The summed E-state index contributed by atoms with van der Waals surface area (Å²) in [6, 6.07) is 0.279. The van der Waals surface area contributed by atoms with Crippen molar-refractivity contribution in [1.29, 1.82) is 0 Å². The fourth-order valence-corrected chi connectivity index (χ4v) is 1.56. The van der Waals surface area contributed by atoms with E-state index >= 15 is 0 Å². The second kappa shape index (κ2) is 6.13. The van der Waals surface area contributed by atoms with Crippen molar-refractivity contribution in [2.24, 2.45) is 5.73 Å². The lowest BCUT2D eigenvalue weighted by molar-refractivity contribution is 0.638. The van der Waals surface area contributed by atoms with E-state index in [4.69, 9.17) is 5.73 Å². The van der Waals surface area contributed by atoms with Gasteiger partial charge in [-0.3, -0.25) is 0 Å². The summed E-state index contributed by atoms with van der Waals surface area (Å²) < 4.78 is 1.05. The Hall–Kier alpha value is -0.430. The maximum atomic E-state index is 5.65. The predicted molar refractivity (Wildman–Crippen MR) is 66.1 cm³/mol. The van der Waals surface area contributed by atoms with E-state index in [-0.39, 0.29) is 6.04 Å². The lowest BCUT2D eigenvalue weighted by Crippen LogP contribution is -2.16. The van der Waals surface area contributed by atoms with Gasteiger partial charge in [-0.05, 0) is 42.4 Å². The first-order chi connectivity index (χ1) is 6.70.